The average Bonchev–Trinajstić information content (AvgIpc) is 2.48. The Labute approximate surface area is 116 Å². The van der Waals surface area contributed by atoms with Gasteiger partial charge in [-0.15, -0.1) is 0 Å². The van der Waals surface area contributed by atoms with Gasteiger partial charge in [0.1, 0.15) is 5.75 Å². The monoisotopic (exact) mass is 270 g/mol. The first-order chi connectivity index (χ1) is 9.69. The molecule has 0 amide bonds. The molecule has 102 valence electrons. The number of ether oxygens (including phenoxy) is 1. The van der Waals surface area contributed by atoms with Crippen molar-refractivity contribution in [1.82, 2.24) is 0 Å². The number of nitrogens with zero attached hydrogens (tertiary/aromatic N) is 1. The zero-order valence-corrected chi connectivity index (χ0v) is 10.9. The Hall–Kier alpha value is -2.82. The van der Waals surface area contributed by atoms with Gasteiger partial charge in [0.05, 0.1) is 24.6 Å². The number of hydrazone groups is 1. The summed E-state index contributed by atoms with van der Waals surface area (Å²) in [4.78, 5) is 10.7. The van der Waals surface area contributed by atoms with E-state index in [0.717, 1.165) is 11.3 Å². The van der Waals surface area contributed by atoms with Gasteiger partial charge in [-0.2, -0.15) is 5.10 Å². The first kappa shape index (κ1) is 13.6. The van der Waals surface area contributed by atoms with Crippen LogP contribution < -0.4 is 10.2 Å². The van der Waals surface area contributed by atoms with Crippen LogP contribution >= 0.6 is 0 Å². The number of methoxy groups -OCH3 is 1. The molecule has 0 radical (unpaired) electrons. The highest BCUT2D eigenvalue weighted by molar-refractivity contribution is 5.88. The highest BCUT2D eigenvalue weighted by Crippen LogP contribution is 2.12. The second-order valence-electron chi connectivity index (χ2n) is 4.03. The molecule has 0 aliphatic heterocycles. The lowest BCUT2D eigenvalue weighted by Gasteiger charge is -2.02. The molecule has 20 heavy (non-hydrogen) atoms. The molecule has 2 N–H and O–H groups in total. The zero-order chi connectivity index (χ0) is 14.4. The summed E-state index contributed by atoms with van der Waals surface area (Å²) in [6, 6.07) is 13.9. The third kappa shape index (κ3) is 3.58. The summed E-state index contributed by atoms with van der Waals surface area (Å²) in [5.41, 5.74) is 4.69. The molecule has 0 aromatic heterocycles. The van der Waals surface area contributed by atoms with Gasteiger partial charge in [0, 0.05) is 0 Å². The van der Waals surface area contributed by atoms with Crippen LogP contribution in [0, 0.1) is 0 Å². The molecule has 0 bridgehead atoms. The summed E-state index contributed by atoms with van der Waals surface area (Å²) in [6.07, 6.45) is 1.66. The number of carboxylic acid groups (broad SMARTS) is 1. The number of carboxylic acids is 1. The van der Waals surface area contributed by atoms with Gasteiger partial charge < -0.3 is 9.84 Å². The fraction of sp³-hybridized carbons (Fsp3) is 0.0667. The predicted octanol–water partition coefficient (Wildman–Crippen LogP) is 2.84. The van der Waals surface area contributed by atoms with Crippen molar-refractivity contribution in [2.45, 2.75) is 0 Å². The predicted molar refractivity (Wildman–Crippen MR) is 77.6 cm³/mol. The fourth-order valence-electron chi connectivity index (χ4n) is 1.59. The molecule has 0 spiro atoms. The van der Waals surface area contributed by atoms with E-state index < -0.39 is 5.97 Å². The second kappa shape index (κ2) is 6.38. The molecule has 0 fully saturated rings. The summed E-state index contributed by atoms with van der Waals surface area (Å²) in [6.45, 7) is 0. The van der Waals surface area contributed by atoms with Crippen molar-refractivity contribution in [1.29, 1.82) is 0 Å². The van der Waals surface area contributed by atoms with Crippen LogP contribution in [0.1, 0.15) is 15.9 Å². The lowest BCUT2D eigenvalue weighted by atomic mass is 10.2. The van der Waals surface area contributed by atoms with E-state index in [1.807, 2.05) is 24.3 Å². The van der Waals surface area contributed by atoms with Gasteiger partial charge in [0.15, 0.2) is 0 Å². The van der Waals surface area contributed by atoms with Gasteiger partial charge in [-0.25, -0.2) is 4.79 Å². The molecule has 2 rings (SSSR count). The topological polar surface area (TPSA) is 70.9 Å². The first-order valence-electron chi connectivity index (χ1n) is 5.95. The molecule has 0 aliphatic rings. The molecule has 2 aromatic rings. The molecule has 0 heterocycles. The summed E-state index contributed by atoms with van der Waals surface area (Å²) in [5.74, 6) is -0.184. The molecule has 0 saturated carbocycles. The summed E-state index contributed by atoms with van der Waals surface area (Å²) in [5, 5.41) is 12.9. The Morgan fingerprint density at radius 2 is 2.00 bits per heavy atom. The van der Waals surface area contributed by atoms with Crippen LogP contribution in [-0.4, -0.2) is 24.4 Å². The minimum atomic E-state index is -0.948. The molecule has 0 atom stereocenters. The van der Waals surface area contributed by atoms with Gasteiger partial charge >= 0.3 is 5.97 Å². The third-order valence-electron chi connectivity index (χ3n) is 2.63. The minimum Gasteiger partial charge on any atom is -0.497 e. The van der Waals surface area contributed by atoms with Gasteiger partial charge in [0.2, 0.25) is 0 Å². The SMILES string of the molecule is COc1cccc(/C=N/Nc2ccc(C(=O)O)cc2)c1. The van der Waals surface area contributed by atoms with Crippen molar-refractivity contribution in [3.8, 4) is 5.75 Å². The van der Waals surface area contributed by atoms with E-state index in [9.17, 15) is 4.79 Å². The number of anilines is 1. The molecular formula is C15H14N2O3. The normalized spacial score (nSPS) is 10.4. The molecule has 0 aliphatic carbocycles. The van der Waals surface area contributed by atoms with Gasteiger partial charge in [-0.3, -0.25) is 5.43 Å². The van der Waals surface area contributed by atoms with E-state index >= 15 is 0 Å². The lowest BCUT2D eigenvalue weighted by Crippen LogP contribution is -1.96. The molecule has 5 nitrogen and oxygen atoms in total. The highest BCUT2D eigenvalue weighted by atomic mass is 16.5. The maximum atomic E-state index is 10.7. The quantitative estimate of drug-likeness (QED) is 0.647. The standard InChI is InChI=1S/C15H14N2O3/c1-20-14-4-2-3-11(9-14)10-16-17-13-7-5-12(6-8-13)15(18)19/h2-10,17H,1H3,(H,18,19)/b16-10+. The highest BCUT2D eigenvalue weighted by Gasteiger charge is 2.00. The van der Waals surface area contributed by atoms with Crippen molar-refractivity contribution < 1.29 is 14.6 Å². The van der Waals surface area contributed by atoms with Gasteiger partial charge in [0.25, 0.3) is 0 Å². The van der Waals surface area contributed by atoms with Crippen LogP contribution in [0.4, 0.5) is 5.69 Å². The number of nitrogens with one attached hydrogen (secondary N) is 1. The number of carbonyl (C=O) groups is 1. The number of benzene rings is 2. The number of hydrogen-bond acceptors (Lipinski definition) is 4. The Kier molecular flexibility index (Phi) is 4.34. The Bertz CT molecular complexity index is 621. The zero-order valence-electron chi connectivity index (χ0n) is 10.9. The third-order valence-corrected chi connectivity index (χ3v) is 2.63. The molecule has 2 aromatic carbocycles. The largest absolute Gasteiger partial charge is 0.497 e. The number of hydrogen-bond donors (Lipinski definition) is 2. The lowest BCUT2D eigenvalue weighted by molar-refractivity contribution is 0.0697. The Balaban J connectivity index is 2.00. The fourth-order valence-corrected chi connectivity index (χ4v) is 1.59. The first-order valence-corrected chi connectivity index (χ1v) is 5.95. The smallest absolute Gasteiger partial charge is 0.335 e. The van der Waals surface area contributed by atoms with Crippen molar-refractivity contribution in [3.05, 3.63) is 59.7 Å². The summed E-state index contributed by atoms with van der Waals surface area (Å²) in [7, 11) is 1.61. The number of rotatable bonds is 5. The minimum absolute atomic E-state index is 0.243. The molecule has 0 saturated heterocycles. The molecule has 5 heteroatoms. The number of aromatic carboxylic acids is 1. The van der Waals surface area contributed by atoms with E-state index in [1.54, 1.807) is 25.5 Å². The Morgan fingerprint density at radius 1 is 1.25 bits per heavy atom. The second-order valence-corrected chi connectivity index (χ2v) is 4.03. The summed E-state index contributed by atoms with van der Waals surface area (Å²) >= 11 is 0. The van der Waals surface area contributed by atoms with Gasteiger partial charge in [-0.1, -0.05) is 12.1 Å². The van der Waals surface area contributed by atoms with E-state index in [0.29, 0.717) is 5.69 Å². The summed E-state index contributed by atoms with van der Waals surface area (Å²) < 4.78 is 5.12. The average molecular weight is 270 g/mol. The van der Waals surface area contributed by atoms with Crippen LogP contribution in [0.25, 0.3) is 0 Å². The molecule has 0 unspecified atom stereocenters. The van der Waals surface area contributed by atoms with Crippen LogP contribution in [0.2, 0.25) is 0 Å². The van der Waals surface area contributed by atoms with Crippen LogP contribution in [0.15, 0.2) is 53.6 Å². The van der Waals surface area contributed by atoms with Gasteiger partial charge in [-0.05, 0) is 42.0 Å². The van der Waals surface area contributed by atoms with Crippen molar-refractivity contribution >= 4 is 17.9 Å². The van der Waals surface area contributed by atoms with E-state index in [4.69, 9.17) is 9.84 Å². The Morgan fingerprint density at radius 3 is 2.65 bits per heavy atom. The van der Waals surface area contributed by atoms with Crippen LogP contribution in [0.5, 0.6) is 5.75 Å². The maximum Gasteiger partial charge on any atom is 0.335 e. The van der Waals surface area contributed by atoms with E-state index in [-0.39, 0.29) is 5.56 Å². The van der Waals surface area contributed by atoms with E-state index in [1.165, 1.54) is 12.1 Å². The van der Waals surface area contributed by atoms with Crippen molar-refractivity contribution in [3.63, 3.8) is 0 Å². The maximum absolute atomic E-state index is 10.7. The van der Waals surface area contributed by atoms with E-state index in [2.05, 4.69) is 10.5 Å². The van der Waals surface area contributed by atoms with Crippen molar-refractivity contribution in [2.24, 2.45) is 5.10 Å². The van der Waals surface area contributed by atoms with Crippen molar-refractivity contribution in [2.75, 3.05) is 12.5 Å². The van der Waals surface area contributed by atoms with Crippen LogP contribution in [0.3, 0.4) is 0 Å². The van der Waals surface area contributed by atoms with Crippen LogP contribution in [-0.2, 0) is 0 Å². The molecular weight excluding hydrogens is 256 g/mol.